The van der Waals surface area contributed by atoms with Gasteiger partial charge in [-0.15, -0.1) is 0 Å². The van der Waals surface area contributed by atoms with Crippen molar-refractivity contribution < 1.29 is 19.1 Å². The lowest BCUT2D eigenvalue weighted by molar-refractivity contribution is -0.147. The first-order valence-corrected chi connectivity index (χ1v) is 9.28. The standard InChI is InChI=1S/C20H20Cl2N2O4/c1-12-3-5-16(13(2)9-12)23-18(25)7-8-20(27)28-11-19(26)24-17-6-4-14(21)10-15(17)22/h3-6,9-10H,7-8,11H2,1-2H3,(H,23,25)(H,24,26). The number of ether oxygens (including phenoxy) is 1. The molecule has 2 aromatic rings. The molecule has 0 aliphatic rings. The number of nitrogens with one attached hydrogen (secondary N) is 2. The van der Waals surface area contributed by atoms with Crippen molar-refractivity contribution in [1.29, 1.82) is 0 Å². The van der Waals surface area contributed by atoms with Gasteiger partial charge in [-0.05, 0) is 43.7 Å². The van der Waals surface area contributed by atoms with E-state index in [1.54, 1.807) is 12.1 Å². The Bertz CT molecular complexity index is 828. The Morgan fingerprint density at radius 3 is 2.25 bits per heavy atom. The van der Waals surface area contributed by atoms with Gasteiger partial charge in [0, 0.05) is 17.1 Å². The zero-order valence-electron chi connectivity index (χ0n) is 15.5. The van der Waals surface area contributed by atoms with Crippen molar-refractivity contribution in [1.82, 2.24) is 0 Å². The third-order valence-corrected chi connectivity index (χ3v) is 4.33. The second-order valence-electron chi connectivity index (χ2n) is 6.20. The van der Waals surface area contributed by atoms with Crippen LogP contribution in [0.5, 0.6) is 0 Å². The third-order valence-electron chi connectivity index (χ3n) is 3.78. The number of esters is 1. The molecule has 0 fully saturated rings. The van der Waals surface area contributed by atoms with E-state index in [0.29, 0.717) is 16.4 Å². The average molecular weight is 423 g/mol. The van der Waals surface area contributed by atoms with Crippen LogP contribution in [0, 0.1) is 13.8 Å². The van der Waals surface area contributed by atoms with Crippen LogP contribution in [0.2, 0.25) is 10.0 Å². The monoisotopic (exact) mass is 422 g/mol. The largest absolute Gasteiger partial charge is 0.456 e. The number of halogens is 2. The van der Waals surface area contributed by atoms with Crippen molar-refractivity contribution in [3.8, 4) is 0 Å². The molecule has 0 radical (unpaired) electrons. The van der Waals surface area contributed by atoms with Crippen LogP contribution in [0.4, 0.5) is 11.4 Å². The van der Waals surface area contributed by atoms with Gasteiger partial charge in [-0.25, -0.2) is 0 Å². The molecule has 28 heavy (non-hydrogen) atoms. The van der Waals surface area contributed by atoms with Crippen LogP contribution in [0.3, 0.4) is 0 Å². The van der Waals surface area contributed by atoms with Crippen molar-refractivity contribution in [2.45, 2.75) is 26.7 Å². The summed E-state index contributed by atoms with van der Waals surface area (Å²) in [5, 5.41) is 5.98. The predicted molar refractivity (Wildman–Crippen MR) is 110 cm³/mol. The lowest BCUT2D eigenvalue weighted by Crippen LogP contribution is -2.22. The summed E-state index contributed by atoms with van der Waals surface area (Å²) in [7, 11) is 0. The summed E-state index contributed by atoms with van der Waals surface area (Å²) in [4.78, 5) is 35.6. The van der Waals surface area contributed by atoms with Gasteiger partial charge in [0.2, 0.25) is 5.91 Å². The van der Waals surface area contributed by atoms with Crippen LogP contribution in [-0.2, 0) is 19.1 Å². The second kappa shape index (κ2) is 10.1. The number of anilines is 2. The predicted octanol–water partition coefficient (Wildman–Crippen LogP) is 4.51. The van der Waals surface area contributed by atoms with Gasteiger partial charge in [0.15, 0.2) is 6.61 Å². The van der Waals surface area contributed by atoms with E-state index in [2.05, 4.69) is 10.6 Å². The SMILES string of the molecule is Cc1ccc(NC(=O)CCC(=O)OCC(=O)Nc2ccc(Cl)cc2Cl)c(C)c1. The highest BCUT2D eigenvalue weighted by molar-refractivity contribution is 6.36. The van der Waals surface area contributed by atoms with E-state index in [9.17, 15) is 14.4 Å². The van der Waals surface area contributed by atoms with Crippen LogP contribution in [-0.4, -0.2) is 24.4 Å². The van der Waals surface area contributed by atoms with Gasteiger partial charge >= 0.3 is 5.97 Å². The quantitative estimate of drug-likeness (QED) is 0.642. The van der Waals surface area contributed by atoms with E-state index in [1.165, 1.54) is 6.07 Å². The molecule has 0 aliphatic carbocycles. The molecule has 0 aromatic heterocycles. The maximum Gasteiger partial charge on any atom is 0.306 e. The van der Waals surface area contributed by atoms with Crippen molar-refractivity contribution >= 4 is 52.4 Å². The molecule has 2 amide bonds. The molecular weight excluding hydrogens is 403 g/mol. The van der Waals surface area contributed by atoms with Gasteiger partial charge in [-0.3, -0.25) is 14.4 Å². The van der Waals surface area contributed by atoms with Crippen molar-refractivity contribution in [3.05, 3.63) is 57.6 Å². The number of rotatable bonds is 7. The molecule has 2 N–H and O–H groups in total. The fourth-order valence-corrected chi connectivity index (χ4v) is 2.83. The highest BCUT2D eigenvalue weighted by Crippen LogP contribution is 2.25. The molecule has 2 aromatic carbocycles. The maximum absolute atomic E-state index is 12.0. The van der Waals surface area contributed by atoms with Crippen LogP contribution in [0.1, 0.15) is 24.0 Å². The summed E-state index contributed by atoms with van der Waals surface area (Å²) in [5.74, 6) is -1.49. The van der Waals surface area contributed by atoms with Crippen molar-refractivity contribution in [3.63, 3.8) is 0 Å². The molecule has 0 heterocycles. The Morgan fingerprint density at radius 1 is 0.893 bits per heavy atom. The minimum atomic E-state index is -0.645. The van der Waals surface area contributed by atoms with Crippen LogP contribution >= 0.6 is 23.2 Å². The maximum atomic E-state index is 12.0. The van der Waals surface area contributed by atoms with Gasteiger partial charge in [0.25, 0.3) is 5.91 Å². The van der Waals surface area contributed by atoms with Gasteiger partial charge in [-0.1, -0.05) is 40.9 Å². The summed E-state index contributed by atoms with van der Waals surface area (Å²) in [5.41, 5.74) is 3.09. The summed E-state index contributed by atoms with van der Waals surface area (Å²) in [6, 6.07) is 10.3. The van der Waals surface area contributed by atoms with Crippen molar-refractivity contribution in [2.24, 2.45) is 0 Å². The van der Waals surface area contributed by atoms with Gasteiger partial charge < -0.3 is 15.4 Å². The minimum Gasteiger partial charge on any atom is -0.456 e. The Hall–Kier alpha value is -2.57. The third kappa shape index (κ3) is 6.87. The molecular formula is C20H20Cl2N2O4. The van der Waals surface area contributed by atoms with E-state index in [4.69, 9.17) is 27.9 Å². The first-order chi connectivity index (χ1) is 13.2. The Labute approximate surface area is 173 Å². The van der Waals surface area contributed by atoms with E-state index in [1.807, 2.05) is 32.0 Å². The number of hydrogen-bond acceptors (Lipinski definition) is 4. The number of hydrogen-bond donors (Lipinski definition) is 2. The Balaban J connectivity index is 1.73. The number of amides is 2. The summed E-state index contributed by atoms with van der Waals surface area (Å²) >= 11 is 11.7. The molecule has 0 spiro atoms. The van der Waals surface area contributed by atoms with E-state index >= 15 is 0 Å². The van der Waals surface area contributed by atoms with E-state index in [0.717, 1.165) is 11.1 Å². The number of benzene rings is 2. The fraction of sp³-hybridized carbons (Fsp3) is 0.250. The summed E-state index contributed by atoms with van der Waals surface area (Å²) in [6.45, 7) is 3.38. The zero-order chi connectivity index (χ0) is 20.7. The van der Waals surface area contributed by atoms with Crippen LogP contribution in [0.25, 0.3) is 0 Å². The molecule has 0 saturated carbocycles. The molecule has 0 atom stereocenters. The Morgan fingerprint density at radius 2 is 1.57 bits per heavy atom. The van der Waals surface area contributed by atoms with E-state index < -0.39 is 18.5 Å². The molecule has 8 heteroatoms. The average Bonchev–Trinajstić information content (AvgIpc) is 2.63. The number of carbonyl (C=O) groups excluding carboxylic acids is 3. The molecule has 0 saturated heterocycles. The highest BCUT2D eigenvalue weighted by Gasteiger charge is 2.12. The lowest BCUT2D eigenvalue weighted by Gasteiger charge is -2.10. The number of aryl methyl sites for hydroxylation is 2. The van der Waals surface area contributed by atoms with Gasteiger partial charge in [0.1, 0.15) is 0 Å². The first kappa shape index (κ1) is 21.7. The molecule has 148 valence electrons. The van der Waals surface area contributed by atoms with Crippen LogP contribution in [0.15, 0.2) is 36.4 Å². The lowest BCUT2D eigenvalue weighted by atomic mass is 10.1. The van der Waals surface area contributed by atoms with Crippen LogP contribution < -0.4 is 10.6 Å². The molecule has 6 nitrogen and oxygen atoms in total. The zero-order valence-corrected chi connectivity index (χ0v) is 17.0. The summed E-state index contributed by atoms with van der Waals surface area (Å²) < 4.78 is 4.88. The van der Waals surface area contributed by atoms with Crippen molar-refractivity contribution in [2.75, 3.05) is 17.2 Å². The molecule has 2 rings (SSSR count). The molecule has 0 aliphatic heterocycles. The smallest absolute Gasteiger partial charge is 0.306 e. The number of carbonyl (C=O) groups is 3. The molecule has 0 unspecified atom stereocenters. The Kier molecular flexibility index (Phi) is 7.84. The van der Waals surface area contributed by atoms with Gasteiger partial charge in [-0.2, -0.15) is 0 Å². The minimum absolute atomic E-state index is 0.0449. The second-order valence-corrected chi connectivity index (χ2v) is 7.04. The highest BCUT2D eigenvalue weighted by atomic mass is 35.5. The fourth-order valence-electron chi connectivity index (χ4n) is 2.38. The molecule has 0 bridgehead atoms. The van der Waals surface area contributed by atoms with Gasteiger partial charge in [0.05, 0.1) is 17.1 Å². The topological polar surface area (TPSA) is 84.5 Å². The normalized spacial score (nSPS) is 10.3. The van der Waals surface area contributed by atoms with E-state index in [-0.39, 0.29) is 23.8 Å². The first-order valence-electron chi connectivity index (χ1n) is 8.52. The summed E-state index contributed by atoms with van der Waals surface area (Å²) in [6.07, 6.45) is -0.178.